The highest BCUT2D eigenvalue weighted by Gasteiger charge is 2.26. The van der Waals surface area contributed by atoms with Crippen molar-refractivity contribution in [3.05, 3.63) is 0 Å². The van der Waals surface area contributed by atoms with Crippen molar-refractivity contribution in [3.63, 3.8) is 0 Å². The number of hydrogen-bond donors (Lipinski definition) is 2. The number of ether oxygens (including phenoxy) is 1. The Kier molecular flexibility index (Phi) is 7.10. The molecular weight excluding hydrogens is 276 g/mol. The minimum Gasteiger partial charge on any atom is -0.469 e. The third-order valence-electron chi connectivity index (χ3n) is 3.66. The molecule has 0 aliphatic carbocycles. The van der Waals surface area contributed by atoms with E-state index < -0.39 is 6.03 Å². The Morgan fingerprint density at radius 1 is 1.19 bits per heavy atom. The van der Waals surface area contributed by atoms with Gasteiger partial charge in [0.25, 0.3) is 0 Å². The molecule has 1 atom stereocenters. The first kappa shape index (κ1) is 17.4. The Morgan fingerprint density at radius 3 is 2.33 bits per heavy atom. The molecule has 8 nitrogen and oxygen atoms in total. The first-order chi connectivity index (χ1) is 9.97. The summed E-state index contributed by atoms with van der Waals surface area (Å²) in [6.07, 6.45) is 0.378. The standard InChI is InChI=1S/C13H24N4O4/c1-10(12(19)15-13(20)14-2)17-8-6-16(7-9-17)5-4-11(18)21-3/h10H,4-9H2,1-3H3,(H2,14,15,19,20). The van der Waals surface area contributed by atoms with E-state index in [9.17, 15) is 14.4 Å². The molecule has 0 aromatic rings. The zero-order valence-electron chi connectivity index (χ0n) is 12.8. The van der Waals surface area contributed by atoms with Crippen LogP contribution in [0.1, 0.15) is 13.3 Å². The maximum Gasteiger partial charge on any atom is 0.321 e. The summed E-state index contributed by atoms with van der Waals surface area (Å²) < 4.78 is 4.61. The van der Waals surface area contributed by atoms with E-state index in [1.807, 2.05) is 4.90 Å². The number of urea groups is 1. The molecule has 120 valence electrons. The highest BCUT2D eigenvalue weighted by Crippen LogP contribution is 2.07. The molecule has 0 aromatic heterocycles. The second kappa shape index (κ2) is 8.58. The van der Waals surface area contributed by atoms with Crippen molar-refractivity contribution in [2.75, 3.05) is 46.9 Å². The van der Waals surface area contributed by atoms with E-state index in [1.165, 1.54) is 14.2 Å². The van der Waals surface area contributed by atoms with Gasteiger partial charge in [-0.2, -0.15) is 0 Å². The van der Waals surface area contributed by atoms with Crippen LogP contribution in [0.3, 0.4) is 0 Å². The van der Waals surface area contributed by atoms with Crippen LogP contribution in [0.5, 0.6) is 0 Å². The molecule has 0 spiro atoms. The summed E-state index contributed by atoms with van der Waals surface area (Å²) in [4.78, 5) is 38.3. The maximum atomic E-state index is 11.9. The lowest BCUT2D eigenvalue weighted by Crippen LogP contribution is -2.55. The van der Waals surface area contributed by atoms with Gasteiger partial charge in [-0.15, -0.1) is 0 Å². The van der Waals surface area contributed by atoms with E-state index in [2.05, 4.69) is 20.3 Å². The topological polar surface area (TPSA) is 91.0 Å². The Labute approximate surface area is 124 Å². The van der Waals surface area contributed by atoms with Crippen molar-refractivity contribution in [1.29, 1.82) is 0 Å². The predicted octanol–water partition coefficient (Wildman–Crippen LogP) is -0.989. The van der Waals surface area contributed by atoms with Gasteiger partial charge in [-0.1, -0.05) is 0 Å². The molecule has 1 fully saturated rings. The Hall–Kier alpha value is -1.67. The van der Waals surface area contributed by atoms with Gasteiger partial charge in [0.2, 0.25) is 5.91 Å². The van der Waals surface area contributed by atoms with Crippen LogP contribution in [0.2, 0.25) is 0 Å². The molecule has 1 saturated heterocycles. The molecule has 1 rings (SSSR count). The van der Waals surface area contributed by atoms with Gasteiger partial charge in [0.15, 0.2) is 0 Å². The normalized spacial score (nSPS) is 17.9. The zero-order chi connectivity index (χ0) is 15.8. The number of hydrogen-bond acceptors (Lipinski definition) is 6. The van der Waals surface area contributed by atoms with Crippen molar-refractivity contribution in [1.82, 2.24) is 20.4 Å². The number of nitrogens with zero attached hydrogens (tertiary/aromatic N) is 2. The zero-order valence-corrected chi connectivity index (χ0v) is 12.8. The second-order valence-corrected chi connectivity index (χ2v) is 4.95. The van der Waals surface area contributed by atoms with Gasteiger partial charge < -0.3 is 15.0 Å². The fraction of sp³-hybridized carbons (Fsp3) is 0.769. The number of carbonyl (C=O) groups is 3. The molecule has 2 N–H and O–H groups in total. The molecular formula is C13H24N4O4. The lowest BCUT2D eigenvalue weighted by Gasteiger charge is -2.37. The molecule has 0 radical (unpaired) electrons. The van der Waals surface area contributed by atoms with Crippen LogP contribution in [-0.4, -0.2) is 80.6 Å². The number of nitrogens with one attached hydrogen (secondary N) is 2. The predicted molar refractivity (Wildman–Crippen MR) is 76.7 cm³/mol. The van der Waals surface area contributed by atoms with E-state index in [4.69, 9.17) is 0 Å². The maximum absolute atomic E-state index is 11.9. The van der Waals surface area contributed by atoms with E-state index in [0.29, 0.717) is 13.0 Å². The van der Waals surface area contributed by atoms with Crippen molar-refractivity contribution in [2.45, 2.75) is 19.4 Å². The van der Waals surface area contributed by atoms with E-state index in [1.54, 1.807) is 6.92 Å². The van der Waals surface area contributed by atoms with E-state index >= 15 is 0 Å². The first-order valence-corrected chi connectivity index (χ1v) is 7.03. The molecule has 0 bridgehead atoms. The highest BCUT2D eigenvalue weighted by molar-refractivity contribution is 5.96. The lowest BCUT2D eigenvalue weighted by molar-refractivity contribution is -0.141. The monoisotopic (exact) mass is 300 g/mol. The molecule has 1 aliphatic rings. The van der Waals surface area contributed by atoms with Crippen LogP contribution < -0.4 is 10.6 Å². The quantitative estimate of drug-likeness (QED) is 0.634. The Balaban J connectivity index is 2.33. The number of piperazine rings is 1. The summed E-state index contributed by atoms with van der Waals surface area (Å²) in [5.41, 5.74) is 0. The van der Waals surface area contributed by atoms with Crippen molar-refractivity contribution < 1.29 is 19.1 Å². The summed E-state index contributed by atoms with van der Waals surface area (Å²) in [5, 5.41) is 4.63. The van der Waals surface area contributed by atoms with Gasteiger partial charge in [-0.05, 0) is 6.92 Å². The molecule has 21 heavy (non-hydrogen) atoms. The van der Waals surface area contributed by atoms with Crippen LogP contribution in [0.25, 0.3) is 0 Å². The fourth-order valence-electron chi connectivity index (χ4n) is 2.17. The molecule has 0 aromatic carbocycles. The van der Waals surface area contributed by atoms with Gasteiger partial charge in [0.05, 0.1) is 19.6 Å². The third kappa shape index (κ3) is 5.68. The van der Waals surface area contributed by atoms with Crippen LogP contribution in [0, 0.1) is 0 Å². The van der Waals surface area contributed by atoms with Gasteiger partial charge in [-0.3, -0.25) is 19.8 Å². The molecule has 1 aliphatic heterocycles. The Morgan fingerprint density at radius 2 is 1.81 bits per heavy atom. The number of esters is 1. The summed E-state index contributed by atoms with van der Waals surface area (Å²) >= 11 is 0. The van der Waals surface area contributed by atoms with Crippen molar-refractivity contribution in [2.24, 2.45) is 0 Å². The summed E-state index contributed by atoms with van der Waals surface area (Å²) in [7, 11) is 2.85. The minimum atomic E-state index is -0.497. The van der Waals surface area contributed by atoms with Gasteiger partial charge in [0, 0.05) is 39.8 Å². The summed E-state index contributed by atoms with van der Waals surface area (Å²) in [6.45, 7) is 5.47. The largest absolute Gasteiger partial charge is 0.469 e. The van der Waals surface area contributed by atoms with Crippen molar-refractivity contribution >= 4 is 17.9 Å². The number of methoxy groups -OCH3 is 1. The van der Waals surface area contributed by atoms with E-state index in [0.717, 1.165) is 26.2 Å². The third-order valence-corrected chi connectivity index (χ3v) is 3.66. The molecule has 3 amide bonds. The van der Waals surface area contributed by atoms with Crippen LogP contribution in [-0.2, 0) is 14.3 Å². The minimum absolute atomic E-state index is 0.212. The summed E-state index contributed by atoms with van der Waals surface area (Å²) in [5.74, 6) is -0.520. The van der Waals surface area contributed by atoms with Gasteiger partial charge >= 0.3 is 12.0 Å². The SMILES string of the molecule is CNC(=O)NC(=O)C(C)N1CCN(CCC(=O)OC)CC1. The highest BCUT2D eigenvalue weighted by atomic mass is 16.5. The van der Waals surface area contributed by atoms with Crippen LogP contribution in [0.15, 0.2) is 0 Å². The number of carbonyl (C=O) groups excluding carboxylic acids is 3. The number of imide groups is 1. The average Bonchev–Trinajstić information content (AvgIpc) is 2.51. The lowest BCUT2D eigenvalue weighted by atomic mass is 10.2. The second-order valence-electron chi connectivity index (χ2n) is 4.95. The molecule has 0 saturated carbocycles. The average molecular weight is 300 g/mol. The molecule has 1 unspecified atom stereocenters. The first-order valence-electron chi connectivity index (χ1n) is 7.03. The van der Waals surface area contributed by atoms with Gasteiger partial charge in [-0.25, -0.2) is 4.79 Å². The number of amides is 3. The fourth-order valence-corrected chi connectivity index (χ4v) is 2.17. The van der Waals surface area contributed by atoms with Crippen LogP contribution >= 0.6 is 0 Å². The summed E-state index contributed by atoms with van der Waals surface area (Å²) in [6, 6.07) is -0.853. The van der Waals surface area contributed by atoms with Gasteiger partial charge in [0.1, 0.15) is 0 Å². The molecule has 1 heterocycles. The number of rotatable bonds is 5. The molecule has 8 heteroatoms. The van der Waals surface area contributed by atoms with Crippen LogP contribution in [0.4, 0.5) is 4.79 Å². The van der Waals surface area contributed by atoms with Crippen molar-refractivity contribution in [3.8, 4) is 0 Å². The smallest absolute Gasteiger partial charge is 0.321 e. The van der Waals surface area contributed by atoms with E-state index in [-0.39, 0.29) is 17.9 Å². The Bertz CT molecular complexity index is 380.